The highest BCUT2D eigenvalue weighted by Gasteiger charge is 1.80. The molecule has 0 fully saturated rings. The fourth-order valence-electron chi connectivity index (χ4n) is 0.281. The molecule has 0 saturated carbocycles. The van der Waals surface area contributed by atoms with Crippen LogP contribution in [0.5, 0.6) is 0 Å². The SMILES string of the molecule is CC.Fc1cnccn1. The highest BCUT2D eigenvalue weighted by molar-refractivity contribution is 4.75. The van der Waals surface area contributed by atoms with E-state index in [4.69, 9.17) is 0 Å². The molecule has 0 aliphatic heterocycles. The first kappa shape index (κ1) is 8.01. The Kier molecular flexibility index (Phi) is 4.59. The van der Waals surface area contributed by atoms with E-state index in [0.717, 1.165) is 6.20 Å². The number of halogens is 1. The van der Waals surface area contributed by atoms with Crippen LogP contribution in [0.4, 0.5) is 4.39 Å². The highest BCUT2D eigenvalue weighted by Crippen LogP contribution is 1.81. The Morgan fingerprint density at radius 1 is 1.33 bits per heavy atom. The Morgan fingerprint density at radius 3 is 2.22 bits per heavy atom. The number of nitrogens with zero attached hydrogens (tertiary/aromatic N) is 2. The molecule has 9 heavy (non-hydrogen) atoms. The molecule has 0 atom stereocenters. The van der Waals surface area contributed by atoms with Crippen LogP contribution in [0.2, 0.25) is 0 Å². The van der Waals surface area contributed by atoms with Gasteiger partial charge in [-0.1, -0.05) is 13.8 Å². The first-order chi connectivity index (χ1) is 4.39. The molecule has 0 aliphatic rings. The fourth-order valence-corrected chi connectivity index (χ4v) is 0.281. The Hall–Kier alpha value is -0.990. The van der Waals surface area contributed by atoms with Crippen molar-refractivity contribution in [2.24, 2.45) is 0 Å². The molecule has 0 N–H and O–H groups in total. The summed E-state index contributed by atoms with van der Waals surface area (Å²) < 4.78 is 11.7. The van der Waals surface area contributed by atoms with Gasteiger partial charge in [0, 0.05) is 12.4 Å². The molecule has 1 heterocycles. The van der Waals surface area contributed by atoms with Crippen LogP contribution in [0, 0.1) is 5.95 Å². The van der Waals surface area contributed by atoms with E-state index in [2.05, 4.69) is 9.97 Å². The van der Waals surface area contributed by atoms with Crippen LogP contribution in [-0.2, 0) is 0 Å². The van der Waals surface area contributed by atoms with E-state index in [-0.39, 0.29) is 0 Å². The standard InChI is InChI=1S/C4H3FN2.C2H6/c5-4-3-6-1-2-7-4;1-2/h1-3H;1-2H3. The number of hydrogen-bond donors (Lipinski definition) is 0. The Morgan fingerprint density at radius 2 is 2.00 bits per heavy atom. The highest BCUT2D eigenvalue weighted by atomic mass is 19.1. The Balaban J connectivity index is 0.000000291. The van der Waals surface area contributed by atoms with Crippen molar-refractivity contribution < 1.29 is 4.39 Å². The Labute approximate surface area is 53.8 Å². The Bertz CT molecular complexity index is 141. The van der Waals surface area contributed by atoms with Crippen molar-refractivity contribution in [1.29, 1.82) is 0 Å². The van der Waals surface area contributed by atoms with Gasteiger partial charge < -0.3 is 0 Å². The van der Waals surface area contributed by atoms with Crippen molar-refractivity contribution in [1.82, 2.24) is 9.97 Å². The number of hydrogen-bond acceptors (Lipinski definition) is 2. The molecule has 0 radical (unpaired) electrons. The molecule has 0 unspecified atom stereocenters. The van der Waals surface area contributed by atoms with Crippen LogP contribution < -0.4 is 0 Å². The molecule has 1 aromatic heterocycles. The second-order valence-corrected chi connectivity index (χ2v) is 1.03. The second-order valence-electron chi connectivity index (χ2n) is 1.03. The van der Waals surface area contributed by atoms with Gasteiger partial charge >= 0.3 is 0 Å². The molecule has 0 aliphatic carbocycles. The van der Waals surface area contributed by atoms with E-state index in [1.54, 1.807) is 0 Å². The van der Waals surface area contributed by atoms with Crippen molar-refractivity contribution in [2.45, 2.75) is 13.8 Å². The molecule has 0 saturated heterocycles. The molecule has 0 bridgehead atoms. The zero-order valence-corrected chi connectivity index (χ0v) is 5.50. The van der Waals surface area contributed by atoms with E-state index < -0.39 is 5.95 Å². The topological polar surface area (TPSA) is 25.8 Å². The number of aromatic nitrogens is 2. The summed E-state index contributed by atoms with van der Waals surface area (Å²) in [5.41, 5.74) is 0. The van der Waals surface area contributed by atoms with Crippen molar-refractivity contribution in [3.05, 3.63) is 24.5 Å². The van der Waals surface area contributed by atoms with Crippen LogP contribution in [0.15, 0.2) is 18.6 Å². The van der Waals surface area contributed by atoms with Gasteiger partial charge in [0.2, 0.25) is 5.95 Å². The lowest BCUT2D eigenvalue weighted by molar-refractivity contribution is 0.576. The van der Waals surface area contributed by atoms with Crippen LogP contribution in [0.1, 0.15) is 13.8 Å². The van der Waals surface area contributed by atoms with Crippen LogP contribution in [-0.4, -0.2) is 9.97 Å². The van der Waals surface area contributed by atoms with Crippen molar-refractivity contribution in [3.8, 4) is 0 Å². The molecule has 2 nitrogen and oxygen atoms in total. The molecular formula is C6H9FN2. The summed E-state index contributed by atoms with van der Waals surface area (Å²) in [7, 11) is 0. The smallest absolute Gasteiger partial charge is 0.231 e. The van der Waals surface area contributed by atoms with Crippen molar-refractivity contribution in [3.63, 3.8) is 0 Å². The van der Waals surface area contributed by atoms with Gasteiger partial charge in [0.25, 0.3) is 0 Å². The summed E-state index contributed by atoms with van der Waals surface area (Å²) in [4.78, 5) is 6.70. The maximum Gasteiger partial charge on any atom is 0.231 e. The lowest BCUT2D eigenvalue weighted by atomic mass is 10.8. The van der Waals surface area contributed by atoms with E-state index in [1.165, 1.54) is 12.4 Å². The van der Waals surface area contributed by atoms with Gasteiger partial charge in [0.1, 0.15) is 0 Å². The maximum absolute atomic E-state index is 11.7. The third kappa shape index (κ3) is 3.58. The molecule has 1 aromatic rings. The van der Waals surface area contributed by atoms with Gasteiger partial charge in [-0.2, -0.15) is 4.39 Å². The van der Waals surface area contributed by atoms with Crippen LogP contribution in [0.3, 0.4) is 0 Å². The molecule has 3 heteroatoms. The average Bonchev–Trinajstić information content (AvgIpc) is 1.94. The summed E-state index contributed by atoms with van der Waals surface area (Å²) >= 11 is 0. The molecule has 0 amide bonds. The van der Waals surface area contributed by atoms with Crippen molar-refractivity contribution >= 4 is 0 Å². The monoisotopic (exact) mass is 128 g/mol. The molecule has 0 spiro atoms. The van der Waals surface area contributed by atoms with E-state index in [0.29, 0.717) is 0 Å². The van der Waals surface area contributed by atoms with Crippen LogP contribution in [0.25, 0.3) is 0 Å². The second kappa shape index (κ2) is 5.15. The van der Waals surface area contributed by atoms with Crippen LogP contribution >= 0.6 is 0 Å². The maximum atomic E-state index is 11.7. The van der Waals surface area contributed by atoms with Crippen molar-refractivity contribution in [2.75, 3.05) is 0 Å². The minimum atomic E-state index is -0.539. The molecule has 50 valence electrons. The zero-order chi connectivity index (χ0) is 7.11. The van der Waals surface area contributed by atoms with Gasteiger partial charge in [-0.25, -0.2) is 4.98 Å². The first-order valence-corrected chi connectivity index (χ1v) is 2.81. The molecular weight excluding hydrogens is 119 g/mol. The predicted octanol–water partition coefficient (Wildman–Crippen LogP) is 1.64. The van der Waals surface area contributed by atoms with Gasteiger partial charge in [0.15, 0.2) is 0 Å². The van der Waals surface area contributed by atoms with E-state index in [9.17, 15) is 4.39 Å². The van der Waals surface area contributed by atoms with E-state index >= 15 is 0 Å². The summed E-state index contributed by atoms with van der Waals surface area (Å²) in [6.45, 7) is 4.00. The minimum Gasteiger partial charge on any atom is -0.258 e. The van der Waals surface area contributed by atoms with Gasteiger partial charge in [-0.15, -0.1) is 0 Å². The quantitative estimate of drug-likeness (QED) is 0.530. The third-order valence-electron chi connectivity index (χ3n) is 0.532. The largest absolute Gasteiger partial charge is 0.258 e. The first-order valence-electron chi connectivity index (χ1n) is 2.81. The van der Waals surface area contributed by atoms with E-state index in [1.807, 2.05) is 13.8 Å². The molecule has 0 aromatic carbocycles. The van der Waals surface area contributed by atoms with Gasteiger partial charge in [-0.3, -0.25) is 4.98 Å². The summed E-state index contributed by atoms with van der Waals surface area (Å²) in [6, 6.07) is 0. The minimum absolute atomic E-state index is 0.539. The summed E-state index contributed by atoms with van der Waals surface area (Å²) in [5, 5.41) is 0. The molecule has 1 rings (SSSR count). The van der Waals surface area contributed by atoms with Gasteiger partial charge in [-0.05, 0) is 0 Å². The zero-order valence-electron chi connectivity index (χ0n) is 5.50. The number of rotatable bonds is 0. The normalized spacial score (nSPS) is 7.44. The predicted molar refractivity (Wildman–Crippen MR) is 33.3 cm³/mol. The van der Waals surface area contributed by atoms with Gasteiger partial charge in [0.05, 0.1) is 6.20 Å². The summed E-state index contributed by atoms with van der Waals surface area (Å²) in [5.74, 6) is -0.539. The third-order valence-corrected chi connectivity index (χ3v) is 0.532. The average molecular weight is 128 g/mol. The fraction of sp³-hybridized carbons (Fsp3) is 0.333. The lowest BCUT2D eigenvalue weighted by Crippen LogP contribution is -1.78. The summed E-state index contributed by atoms with van der Waals surface area (Å²) in [6.07, 6.45) is 3.78. The lowest BCUT2D eigenvalue weighted by Gasteiger charge is -1.77.